The summed E-state index contributed by atoms with van der Waals surface area (Å²) in [6, 6.07) is 0. The van der Waals surface area contributed by atoms with Crippen molar-refractivity contribution in [1.29, 1.82) is 0 Å². The van der Waals surface area contributed by atoms with E-state index in [1.54, 1.807) is 6.92 Å². The van der Waals surface area contributed by atoms with E-state index in [1.165, 1.54) is 44.9 Å². The molecule has 0 aliphatic heterocycles. The molecule has 39 heavy (non-hydrogen) atoms. The van der Waals surface area contributed by atoms with E-state index in [1.807, 2.05) is 0 Å². The molecule has 0 atom stereocenters. The number of hydrogen-bond acceptors (Lipinski definition) is 10. The van der Waals surface area contributed by atoms with E-state index < -0.39 is 0 Å². The average molecular weight is 567 g/mol. The molecule has 0 aromatic heterocycles. The van der Waals surface area contributed by atoms with Crippen LogP contribution in [0.2, 0.25) is 0 Å². The van der Waals surface area contributed by atoms with Gasteiger partial charge in [0.25, 0.3) is 0 Å². The van der Waals surface area contributed by atoms with Crippen LogP contribution < -0.4 is 0 Å². The molecular formula is C29H58O10. The molecule has 0 aromatic rings. The molecule has 10 nitrogen and oxygen atoms in total. The summed E-state index contributed by atoms with van der Waals surface area (Å²) in [6.45, 7) is 13.0. The van der Waals surface area contributed by atoms with Crippen molar-refractivity contribution < 1.29 is 47.4 Å². The number of unbranched alkanes of at least 4 members (excludes halogenated alkanes) is 7. The van der Waals surface area contributed by atoms with E-state index in [0.717, 1.165) is 13.0 Å². The Balaban J connectivity index is 3.04. The summed E-state index contributed by atoms with van der Waals surface area (Å²) < 4.78 is 48.5. The molecule has 0 aromatic carbocycles. The van der Waals surface area contributed by atoms with Crippen molar-refractivity contribution in [2.75, 3.05) is 112 Å². The van der Waals surface area contributed by atoms with Gasteiger partial charge in [-0.25, -0.2) is 0 Å². The Morgan fingerprint density at radius 2 is 0.692 bits per heavy atom. The topological polar surface area (TPSA) is 100 Å². The fourth-order valence-electron chi connectivity index (χ4n) is 3.37. The maximum atomic E-state index is 11.1. The third-order valence-electron chi connectivity index (χ3n) is 5.50. The van der Waals surface area contributed by atoms with E-state index in [-0.39, 0.29) is 12.4 Å². The first-order valence-electron chi connectivity index (χ1n) is 15.1. The molecule has 0 unspecified atom stereocenters. The monoisotopic (exact) mass is 566 g/mol. The van der Waals surface area contributed by atoms with Crippen LogP contribution in [0, 0.1) is 0 Å². The number of carbonyl (C=O) groups excluding carboxylic acids is 1. The molecule has 0 fully saturated rings. The van der Waals surface area contributed by atoms with Crippen LogP contribution in [-0.2, 0) is 47.4 Å². The van der Waals surface area contributed by atoms with Crippen LogP contribution in [-0.4, -0.2) is 118 Å². The van der Waals surface area contributed by atoms with Gasteiger partial charge in [0.15, 0.2) is 0 Å². The minimum absolute atomic E-state index is 0.243. The molecule has 0 radical (unpaired) electrons. The lowest BCUT2D eigenvalue weighted by Gasteiger charge is -2.08. The Hall–Kier alpha value is -0.850. The Kier molecular flexibility index (Phi) is 34.4. The fraction of sp³-hybridized carbons (Fsp3) is 0.966. The van der Waals surface area contributed by atoms with Gasteiger partial charge < -0.3 is 42.6 Å². The molecule has 234 valence electrons. The summed E-state index contributed by atoms with van der Waals surface area (Å²) >= 11 is 0. The normalized spacial score (nSPS) is 11.3. The molecule has 0 aliphatic rings. The molecule has 0 heterocycles. The summed E-state index contributed by atoms with van der Waals surface area (Å²) in [6.07, 6.45) is 10.8. The molecule has 0 bridgehead atoms. The first-order valence-corrected chi connectivity index (χ1v) is 15.1. The zero-order chi connectivity index (χ0) is 28.3. The molecule has 0 saturated carbocycles. The highest BCUT2D eigenvalue weighted by molar-refractivity contribution is 5.69. The average Bonchev–Trinajstić information content (AvgIpc) is 2.94. The lowest BCUT2D eigenvalue weighted by Crippen LogP contribution is -2.15. The van der Waals surface area contributed by atoms with Crippen molar-refractivity contribution in [3.05, 3.63) is 0 Å². The van der Waals surface area contributed by atoms with Gasteiger partial charge in [-0.1, -0.05) is 51.9 Å². The zero-order valence-electron chi connectivity index (χ0n) is 25.0. The van der Waals surface area contributed by atoms with E-state index in [0.29, 0.717) is 106 Å². The second-order valence-corrected chi connectivity index (χ2v) is 8.93. The van der Waals surface area contributed by atoms with Gasteiger partial charge in [-0.05, 0) is 13.3 Å². The van der Waals surface area contributed by atoms with Gasteiger partial charge in [-0.15, -0.1) is 0 Å². The lowest BCUT2D eigenvalue weighted by atomic mass is 10.1. The second-order valence-electron chi connectivity index (χ2n) is 8.93. The van der Waals surface area contributed by atoms with E-state index >= 15 is 0 Å². The largest absolute Gasteiger partial charge is 0.466 e. The van der Waals surface area contributed by atoms with Gasteiger partial charge in [0.2, 0.25) is 0 Å². The van der Waals surface area contributed by atoms with Crippen LogP contribution in [0.4, 0.5) is 0 Å². The number of esters is 1. The highest BCUT2D eigenvalue weighted by atomic mass is 16.6. The molecule has 0 aliphatic carbocycles. The predicted molar refractivity (Wildman–Crippen MR) is 150 cm³/mol. The first kappa shape index (κ1) is 38.1. The molecule has 0 rings (SSSR count). The minimum atomic E-state index is -0.243. The van der Waals surface area contributed by atoms with Crippen molar-refractivity contribution in [2.24, 2.45) is 0 Å². The quantitative estimate of drug-likeness (QED) is 0.0832. The summed E-state index contributed by atoms with van der Waals surface area (Å²) in [5, 5.41) is 0. The first-order chi connectivity index (χ1) is 19.3. The smallest absolute Gasteiger partial charge is 0.308 e. The van der Waals surface area contributed by atoms with Crippen molar-refractivity contribution >= 4 is 5.97 Å². The number of hydrogen-bond donors (Lipinski definition) is 0. The van der Waals surface area contributed by atoms with Gasteiger partial charge in [0.1, 0.15) is 0 Å². The van der Waals surface area contributed by atoms with Crippen molar-refractivity contribution in [3.63, 3.8) is 0 Å². The Bertz CT molecular complexity index is 467. The van der Waals surface area contributed by atoms with Gasteiger partial charge >= 0.3 is 5.97 Å². The molecule has 0 amide bonds. The standard InChI is InChI=1S/C29H58O10/c1-3-5-6-7-8-9-10-11-13-31-15-17-33-19-21-35-23-25-37-27-28-38-26-24-36-22-20-34-18-16-32-14-12-29(30)39-4-2/h3-28H2,1-2H3. The zero-order valence-corrected chi connectivity index (χ0v) is 25.0. The molecular weight excluding hydrogens is 508 g/mol. The van der Waals surface area contributed by atoms with Gasteiger partial charge in [-0.2, -0.15) is 0 Å². The predicted octanol–water partition coefficient (Wildman–Crippen LogP) is 4.21. The highest BCUT2D eigenvalue weighted by Gasteiger charge is 2.01. The van der Waals surface area contributed by atoms with Crippen LogP contribution in [0.25, 0.3) is 0 Å². The highest BCUT2D eigenvalue weighted by Crippen LogP contribution is 2.08. The maximum Gasteiger partial charge on any atom is 0.308 e. The van der Waals surface area contributed by atoms with E-state index in [4.69, 9.17) is 42.6 Å². The summed E-state index contributed by atoms with van der Waals surface area (Å²) in [5.74, 6) is -0.243. The Morgan fingerprint density at radius 1 is 0.385 bits per heavy atom. The van der Waals surface area contributed by atoms with Crippen molar-refractivity contribution in [1.82, 2.24) is 0 Å². The third kappa shape index (κ3) is 35.1. The minimum Gasteiger partial charge on any atom is -0.466 e. The van der Waals surface area contributed by atoms with E-state index in [9.17, 15) is 4.79 Å². The summed E-state index contributed by atoms with van der Waals surface area (Å²) in [5.41, 5.74) is 0. The molecule has 0 saturated heterocycles. The summed E-state index contributed by atoms with van der Waals surface area (Å²) in [4.78, 5) is 11.1. The van der Waals surface area contributed by atoms with Crippen LogP contribution in [0.5, 0.6) is 0 Å². The second kappa shape index (κ2) is 35.2. The Labute approximate surface area is 237 Å². The number of ether oxygens (including phenoxy) is 9. The van der Waals surface area contributed by atoms with Crippen molar-refractivity contribution in [2.45, 2.75) is 71.6 Å². The van der Waals surface area contributed by atoms with Gasteiger partial charge in [-0.3, -0.25) is 4.79 Å². The number of rotatable bonds is 34. The summed E-state index contributed by atoms with van der Waals surface area (Å²) in [7, 11) is 0. The van der Waals surface area contributed by atoms with Crippen LogP contribution in [0.3, 0.4) is 0 Å². The molecule has 0 N–H and O–H groups in total. The maximum absolute atomic E-state index is 11.1. The lowest BCUT2D eigenvalue weighted by molar-refractivity contribution is -0.144. The van der Waals surface area contributed by atoms with Crippen LogP contribution in [0.1, 0.15) is 71.6 Å². The van der Waals surface area contributed by atoms with Crippen LogP contribution >= 0.6 is 0 Å². The third-order valence-corrected chi connectivity index (χ3v) is 5.50. The van der Waals surface area contributed by atoms with Gasteiger partial charge in [0.05, 0.1) is 112 Å². The fourth-order valence-corrected chi connectivity index (χ4v) is 3.37. The van der Waals surface area contributed by atoms with Crippen LogP contribution in [0.15, 0.2) is 0 Å². The Morgan fingerprint density at radius 3 is 1.05 bits per heavy atom. The van der Waals surface area contributed by atoms with E-state index in [2.05, 4.69) is 6.92 Å². The molecule has 10 heteroatoms. The van der Waals surface area contributed by atoms with Gasteiger partial charge in [0, 0.05) is 6.61 Å². The SMILES string of the molecule is CCCCCCCCCCOCCOCCOCCOCCOCCOCCOCCOCCC(=O)OCC. The molecule has 0 spiro atoms. The number of carbonyl (C=O) groups is 1. The van der Waals surface area contributed by atoms with Crippen molar-refractivity contribution in [3.8, 4) is 0 Å².